The minimum Gasteiger partial charge on any atom is -0.488 e. The van der Waals surface area contributed by atoms with Gasteiger partial charge in [-0.05, 0) is 40.8 Å². The van der Waals surface area contributed by atoms with E-state index in [1.165, 1.54) is 0 Å². The number of nitrogens with zero attached hydrogens (tertiary/aromatic N) is 1. The summed E-state index contributed by atoms with van der Waals surface area (Å²) < 4.78 is 6.16. The second-order valence-electron chi connectivity index (χ2n) is 3.89. The Morgan fingerprint density at radius 2 is 2.10 bits per heavy atom. The molecule has 0 aliphatic carbocycles. The number of ether oxygens (including phenoxy) is 1. The first-order valence-electron chi connectivity index (χ1n) is 5.97. The molecule has 20 heavy (non-hydrogen) atoms. The number of halogens is 1. The summed E-state index contributed by atoms with van der Waals surface area (Å²) in [4.78, 5) is 16.3. The zero-order chi connectivity index (χ0) is 14.4. The topological polar surface area (TPSA) is 51.2 Å². The number of hydrogen-bond donors (Lipinski definition) is 1. The van der Waals surface area contributed by atoms with Gasteiger partial charge in [-0.1, -0.05) is 30.9 Å². The van der Waals surface area contributed by atoms with Gasteiger partial charge in [-0.25, -0.2) is 4.98 Å². The van der Waals surface area contributed by atoms with Gasteiger partial charge in [0.05, 0.1) is 3.57 Å². The number of carbonyl (C=O) groups excluding carboxylic acids is 1. The number of anilines is 1. The van der Waals surface area contributed by atoms with E-state index in [-0.39, 0.29) is 5.91 Å². The molecule has 2 rings (SSSR count). The van der Waals surface area contributed by atoms with Crippen molar-refractivity contribution in [3.8, 4) is 5.75 Å². The van der Waals surface area contributed by atoms with Crippen molar-refractivity contribution in [2.24, 2.45) is 0 Å². The summed E-state index contributed by atoms with van der Waals surface area (Å²) >= 11 is 2.06. The van der Waals surface area contributed by atoms with Crippen LogP contribution in [0.15, 0.2) is 55.3 Å². The van der Waals surface area contributed by atoms with Crippen LogP contribution in [-0.4, -0.2) is 17.5 Å². The summed E-state index contributed by atoms with van der Waals surface area (Å²) in [5.74, 6) is 0.364. The maximum atomic E-state index is 12.2. The molecule has 0 radical (unpaired) electrons. The third-order valence-electron chi connectivity index (χ3n) is 2.46. The maximum Gasteiger partial charge on any atom is 0.275 e. The summed E-state index contributed by atoms with van der Waals surface area (Å²) in [5, 5.41) is 2.80. The number of pyridine rings is 1. The van der Waals surface area contributed by atoms with Crippen molar-refractivity contribution in [3.05, 3.63) is 64.5 Å². The van der Waals surface area contributed by atoms with E-state index < -0.39 is 0 Å². The molecule has 1 heterocycles. The van der Waals surface area contributed by atoms with E-state index in [9.17, 15) is 4.79 Å². The predicted octanol–water partition coefficient (Wildman–Crippen LogP) is 3.50. The summed E-state index contributed by atoms with van der Waals surface area (Å²) in [6, 6.07) is 11.0. The second-order valence-corrected chi connectivity index (χ2v) is 4.97. The Bertz CT molecular complexity index is 615. The zero-order valence-corrected chi connectivity index (χ0v) is 12.8. The monoisotopic (exact) mass is 380 g/mol. The molecule has 2 aromatic rings. The summed E-state index contributed by atoms with van der Waals surface area (Å²) in [7, 11) is 0. The lowest BCUT2D eigenvalue weighted by molar-refractivity contribution is 0.102. The third kappa shape index (κ3) is 3.57. The molecule has 0 aliphatic rings. The van der Waals surface area contributed by atoms with Gasteiger partial charge < -0.3 is 10.1 Å². The molecule has 102 valence electrons. The van der Waals surface area contributed by atoms with Gasteiger partial charge in [-0.15, -0.1) is 0 Å². The van der Waals surface area contributed by atoms with Crippen molar-refractivity contribution >= 4 is 34.2 Å². The Balaban J connectivity index is 2.19. The van der Waals surface area contributed by atoms with E-state index in [4.69, 9.17) is 4.74 Å². The largest absolute Gasteiger partial charge is 0.488 e. The number of nitrogens with one attached hydrogen (secondary N) is 1. The van der Waals surface area contributed by atoms with Crippen LogP contribution in [-0.2, 0) is 0 Å². The second kappa shape index (κ2) is 7.04. The average Bonchev–Trinajstić information content (AvgIpc) is 2.47. The molecule has 4 nitrogen and oxygen atoms in total. The quantitative estimate of drug-likeness (QED) is 0.638. The number of rotatable bonds is 5. The minimum atomic E-state index is -0.260. The standard InChI is InChI=1S/C15H13IN2O2/c1-2-10-20-12-8-9-17-14(13(12)16)15(19)18-11-6-4-3-5-7-11/h2-9H,1,10H2,(H,18,19). The van der Waals surface area contributed by atoms with Crippen molar-refractivity contribution in [1.29, 1.82) is 0 Å². The van der Waals surface area contributed by atoms with Crippen LogP contribution in [0.3, 0.4) is 0 Å². The van der Waals surface area contributed by atoms with Crippen molar-refractivity contribution in [2.75, 3.05) is 11.9 Å². The van der Waals surface area contributed by atoms with E-state index in [0.29, 0.717) is 21.6 Å². The molecule has 0 spiro atoms. The molecule has 0 atom stereocenters. The molecule has 1 N–H and O–H groups in total. The van der Waals surface area contributed by atoms with E-state index in [1.807, 2.05) is 30.3 Å². The fourth-order valence-corrected chi connectivity index (χ4v) is 2.28. The van der Waals surface area contributed by atoms with Crippen LogP contribution in [0, 0.1) is 3.57 Å². The van der Waals surface area contributed by atoms with E-state index in [0.717, 1.165) is 5.69 Å². The fourth-order valence-electron chi connectivity index (χ4n) is 1.56. The number of benzene rings is 1. The Labute approximate surface area is 131 Å². The van der Waals surface area contributed by atoms with Gasteiger partial charge in [0.2, 0.25) is 0 Å². The molecule has 0 aliphatic heterocycles. The molecule has 0 unspecified atom stereocenters. The first-order valence-corrected chi connectivity index (χ1v) is 7.05. The molecule has 1 amide bonds. The van der Waals surface area contributed by atoms with E-state index >= 15 is 0 Å². The molecule has 0 fully saturated rings. The summed E-state index contributed by atoms with van der Waals surface area (Å²) in [6.07, 6.45) is 3.21. The van der Waals surface area contributed by atoms with Crippen LogP contribution in [0.25, 0.3) is 0 Å². The minimum absolute atomic E-state index is 0.260. The van der Waals surface area contributed by atoms with Crippen LogP contribution in [0.5, 0.6) is 5.75 Å². The lowest BCUT2D eigenvalue weighted by Gasteiger charge is -2.10. The van der Waals surface area contributed by atoms with Crippen LogP contribution in [0.2, 0.25) is 0 Å². The van der Waals surface area contributed by atoms with Crippen LogP contribution in [0.1, 0.15) is 10.5 Å². The van der Waals surface area contributed by atoms with E-state index in [2.05, 4.69) is 39.5 Å². The first-order chi connectivity index (χ1) is 9.72. The Kier molecular flexibility index (Phi) is 5.11. The molecule has 5 heteroatoms. The lowest BCUT2D eigenvalue weighted by Crippen LogP contribution is -2.15. The molecule has 0 saturated heterocycles. The van der Waals surface area contributed by atoms with Crippen molar-refractivity contribution in [3.63, 3.8) is 0 Å². The third-order valence-corrected chi connectivity index (χ3v) is 3.50. The molecule has 0 saturated carbocycles. The number of carbonyl (C=O) groups is 1. The zero-order valence-electron chi connectivity index (χ0n) is 10.7. The van der Waals surface area contributed by atoms with Crippen LogP contribution >= 0.6 is 22.6 Å². The maximum absolute atomic E-state index is 12.2. The van der Waals surface area contributed by atoms with Gasteiger partial charge in [0, 0.05) is 11.9 Å². The SMILES string of the molecule is C=CCOc1ccnc(C(=O)Nc2ccccc2)c1I. The first kappa shape index (κ1) is 14.5. The van der Waals surface area contributed by atoms with Crippen molar-refractivity contribution < 1.29 is 9.53 Å². The molecular formula is C15H13IN2O2. The molecule has 1 aromatic heterocycles. The highest BCUT2D eigenvalue weighted by atomic mass is 127. The van der Waals surface area contributed by atoms with Gasteiger partial charge in [-0.3, -0.25) is 4.79 Å². The van der Waals surface area contributed by atoms with E-state index in [1.54, 1.807) is 18.3 Å². The van der Waals surface area contributed by atoms with Gasteiger partial charge in [-0.2, -0.15) is 0 Å². The number of para-hydroxylation sites is 1. The van der Waals surface area contributed by atoms with Crippen molar-refractivity contribution in [2.45, 2.75) is 0 Å². The van der Waals surface area contributed by atoms with Gasteiger partial charge >= 0.3 is 0 Å². The number of aromatic nitrogens is 1. The van der Waals surface area contributed by atoms with Crippen LogP contribution in [0.4, 0.5) is 5.69 Å². The average molecular weight is 380 g/mol. The highest BCUT2D eigenvalue weighted by Crippen LogP contribution is 2.23. The number of amides is 1. The highest BCUT2D eigenvalue weighted by molar-refractivity contribution is 14.1. The summed E-state index contributed by atoms with van der Waals surface area (Å²) in [5.41, 5.74) is 1.07. The van der Waals surface area contributed by atoms with Gasteiger partial charge in [0.1, 0.15) is 18.1 Å². The highest BCUT2D eigenvalue weighted by Gasteiger charge is 2.15. The number of hydrogen-bond acceptors (Lipinski definition) is 3. The van der Waals surface area contributed by atoms with Gasteiger partial charge in [0.15, 0.2) is 0 Å². The normalized spacial score (nSPS) is 9.85. The smallest absolute Gasteiger partial charge is 0.275 e. The van der Waals surface area contributed by atoms with Gasteiger partial charge in [0.25, 0.3) is 5.91 Å². The molecule has 1 aromatic carbocycles. The van der Waals surface area contributed by atoms with Crippen molar-refractivity contribution in [1.82, 2.24) is 4.98 Å². The summed E-state index contributed by atoms with van der Waals surface area (Å²) in [6.45, 7) is 3.99. The molecular weight excluding hydrogens is 367 g/mol. The Morgan fingerprint density at radius 1 is 1.35 bits per heavy atom. The van der Waals surface area contributed by atoms with Crippen LogP contribution < -0.4 is 10.1 Å². The lowest BCUT2D eigenvalue weighted by atomic mass is 10.3. The fraction of sp³-hybridized carbons (Fsp3) is 0.0667. The Morgan fingerprint density at radius 3 is 2.80 bits per heavy atom. The molecule has 0 bridgehead atoms. The Hall–Kier alpha value is -1.89. The predicted molar refractivity (Wildman–Crippen MR) is 87.0 cm³/mol.